The first-order chi connectivity index (χ1) is 13.0. The van der Waals surface area contributed by atoms with Crippen LogP contribution in [0.1, 0.15) is 23.4 Å². The molecule has 0 aliphatic carbocycles. The minimum absolute atomic E-state index is 0.0910. The van der Waals surface area contributed by atoms with Crippen molar-refractivity contribution in [3.05, 3.63) is 71.4 Å². The molecule has 2 heterocycles. The van der Waals surface area contributed by atoms with Crippen molar-refractivity contribution >= 4 is 5.91 Å². The van der Waals surface area contributed by atoms with Crippen molar-refractivity contribution in [2.75, 3.05) is 0 Å². The Kier molecular flexibility index (Phi) is 5.80. The number of nitrogens with zero attached hydrogens (tertiary/aromatic N) is 3. The first-order valence-corrected chi connectivity index (χ1v) is 8.67. The van der Waals surface area contributed by atoms with Crippen LogP contribution in [0, 0.1) is 19.7 Å². The molecule has 3 rings (SSSR count). The highest BCUT2D eigenvalue weighted by Gasteiger charge is 2.11. The molecule has 0 radical (unpaired) electrons. The van der Waals surface area contributed by atoms with Gasteiger partial charge in [0.2, 0.25) is 11.8 Å². The highest BCUT2D eigenvalue weighted by molar-refractivity contribution is 5.75. The number of carbonyl (C=O) groups excluding carboxylic acids is 1. The summed E-state index contributed by atoms with van der Waals surface area (Å²) in [6, 6.07) is 11.6. The molecule has 0 spiro atoms. The Labute approximate surface area is 157 Å². The number of carbonyl (C=O) groups is 1. The third-order valence-electron chi connectivity index (χ3n) is 4.02. The van der Waals surface area contributed by atoms with E-state index in [0.29, 0.717) is 18.5 Å². The zero-order valence-electron chi connectivity index (χ0n) is 15.3. The van der Waals surface area contributed by atoms with Crippen LogP contribution in [0.4, 0.5) is 4.39 Å². The number of ether oxygens (including phenoxy) is 1. The first-order valence-electron chi connectivity index (χ1n) is 8.67. The number of hydrogen-bond acceptors (Lipinski definition) is 4. The quantitative estimate of drug-likeness (QED) is 0.693. The second-order valence-corrected chi connectivity index (χ2v) is 6.18. The zero-order chi connectivity index (χ0) is 19.2. The van der Waals surface area contributed by atoms with Crippen molar-refractivity contribution in [3.63, 3.8) is 0 Å². The molecular formula is C20H21FN4O2. The van der Waals surface area contributed by atoms with Crippen molar-refractivity contribution < 1.29 is 13.9 Å². The van der Waals surface area contributed by atoms with Gasteiger partial charge in [0.15, 0.2) is 11.6 Å². The lowest BCUT2D eigenvalue weighted by Gasteiger charge is -2.11. The van der Waals surface area contributed by atoms with Gasteiger partial charge in [0, 0.05) is 37.0 Å². The number of pyridine rings is 1. The summed E-state index contributed by atoms with van der Waals surface area (Å²) in [5.74, 6) is -0.221. The van der Waals surface area contributed by atoms with Crippen LogP contribution in [0.25, 0.3) is 0 Å². The lowest BCUT2D eigenvalue weighted by Crippen LogP contribution is -2.24. The lowest BCUT2D eigenvalue weighted by atomic mass is 10.2. The Balaban J connectivity index is 1.58. The highest BCUT2D eigenvalue weighted by Crippen LogP contribution is 2.25. The largest absolute Gasteiger partial charge is 0.436 e. The van der Waals surface area contributed by atoms with E-state index in [1.54, 1.807) is 30.5 Å². The maximum atomic E-state index is 13.8. The van der Waals surface area contributed by atoms with Crippen LogP contribution in [0.2, 0.25) is 0 Å². The van der Waals surface area contributed by atoms with E-state index in [1.165, 1.54) is 12.1 Å². The fraction of sp³-hybridized carbons (Fsp3) is 0.250. The van der Waals surface area contributed by atoms with Crippen LogP contribution in [-0.2, 0) is 17.9 Å². The lowest BCUT2D eigenvalue weighted by molar-refractivity contribution is -0.121. The molecule has 0 aliphatic heterocycles. The Morgan fingerprint density at radius 1 is 1.22 bits per heavy atom. The standard InChI is InChI=1S/C20H21FN4O2/c1-14-12-15(2)25(24-14)11-9-19(26)23-13-16-6-5-10-22-20(16)27-18-8-4-3-7-17(18)21/h3-8,10,12H,9,11,13H2,1-2H3,(H,23,26). The molecule has 0 saturated carbocycles. The molecule has 0 aliphatic rings. The third-order valence-corrected chi connectivity index (χ3v) is 4.02. The molecule has 0 saturated heterocycles. The molecular weight excluding hydrogens is 347 g/mol. The van der Waals surface area contributed by atoms with Gasteiger partial charge >= 0.3 is 0 Å². The topological polar surface area (TPSA) is 69.0 Å². The summed E-state index contributed by atoms with van der Waals surface area (Å²) in [6.45, 7) is 4.63. The molecule has 2 aromatic heterocycles. The molecule has 1 amide bonds. The van der Waals surface area contributed by atoms with Crippen molar-refractivity contribution in [1.29, 1.82) is 0 Å². The smallest absolute Gasteiger partial charge is 0.224 e. The summed E-state index contributed by atoms with van der Waals surface area (Å²) < 4.78 is 21.2. The maximum absolute atomic E-state index is 13.8. The Bertz CT molecular complexity index is 939. The van der Waals surface area contributed by atoms with Crippen molar-refractivity contribution in [1.82, 2.24) is 20.1 Å². The van der Waals surface area contributed by atoms with Gasteiger partial charge in [-0.15, -0.1) is 0 Å². The number of aromatic nitrogens is 3. The van der Waals surface area contributed by atoms with E-state index in [1.807, 2.05) is 24.6 Å². The first kappa shape index (κ1) is 18.6. The van der Waals surface area contributed by atoms with Crippen molar-refractivity contribution in [2.24, 2.45) is 0 Å². The molecule has 0 bridgehead atoms. The van der Waals surface area contributed by atoms with E-state index in [4.69, 9.17) is 4.74 Å². The Morgan fingerprint density at radius 2 is 2.04 bits per heavy atom. The van der Waals surface area contributed by atoms with Gasteiger partial charge in [0.05, 0.1) is 5.69 Å². The fourth-order valence-corrected chi connectivity index (χ4v) is 2.67. The number of halogens is 1. The van der Waals surface area contributed by atoms with Gasteiger partial charge in [-0.1, -0.05) is 18.2 Å². The molecule has 0 unspecified atom stereocenters. The molecule has 1 aromatic carbocycles. The molecule has 0 fully saturated rings. The van der Waals surface area contributed by atoms with E-state index < -0.39 is 5.82 Å². The number of aryl methyl sites for hydroxylation is 3. The average molecular weight is 368 g/mol. The van der Waals surface area contributed by atoms with Crippen LogP contribution >= 0.6 is 0 Å². The van der Waals surface area contributed by atoms with Gasteiger partial charge in [-0.05, 0) is 38.1 Å². The van der Waals surface area contributed by atoms with E-state index >= 15 is 0 Å². The SMILES string of the molecule is Cc1cc(C)n(CCC(=O)NCc2cccnc2Oc2ccccc2F)n1. The monoisotopic (exact) mass is 368 g/mol. The molecule has 1 N–H and O–H groups in total. The number of hydrogen-bond donors (Lipinski definition) is 1. The predicted molar refractivity (Wildman–Crippen MR) is 98.9 cm³/mol. The van der Waals surface area contributed by atoms with Crippen LogP contribution < -0.4 is 10.1 Å². The minimum atomic E-state index is -0.469. The Morgan fingerprint density at radius 3 is 2.78 bits per heavy atom. The van der Waals surface area contributed by atoms with Gasteiger partial charge in [0.25, 0.3) is 0 Å². The van der Waals surface area contributed by atoms with Crippen LogP contribution in [0.15, 0.2) is 48.7 Å². The summed E-state index contributed by atoms with van der Waals surface area (Å²) in [5.41, 5.74) is 2.62. The van der Waals surface area contributed by atoms with Crippen LogP contribution in [-0.4, -0.2) is 20.7 Å². The van der Waals surface area contributed by atoms with Gasteiger partial charge < -0.3 is 10.1 Å². The number of amides is 1. The minimum Gasteiger partial charge on any atom is -0.436 e. The number of nitrogens with one attached hydrogen (secondary N) is 1. The molecule has 27 heavy (non-hydrogen) atoms. The van der Waals surface area contributed by atoms with Gasteiger partial charge in [-0.3, -0.25) is 9.48 Å². The Hall–Kier alpha value is -3.22. The fourth-order valence-electron chi connectivity index (χ4n) is 2.67. The summed E-state index contributed by atoms with van der Waals surface area (Å²) in [4.78, 5) is 16.3. The van der Waals surface area contributed by atoms with E-state index in [2.05, 4.69) is 15.4 Å². The number of rotatable bonds is 7. The summed E-state index contributed by atoms with van der Waals surface area (Å²) in [5, 5.41) is 7.18. The second-order valence-electron chi connectivity index (χ2n) is 6.18. The van der Waals surface area contributed by atoms with Crippen molar-refractivity contribution in [3.8, 4) is 11.6 Å². The predicted octanol–water partition coefficient (Wildman–Crippen LogP) is 3.53. The van der Waals surface area contributed by atoms with E-state index in [0.717, 1.165) is 11.4 Å². The van der Waals surface area contributed by atoms with Crippen LogP contribution in [0.5, 0.6) is 11.6 Å². The van der Waals surface area contributed by atoms with Gasteiger partial charge in [0.1, 0.15) is 0 Å². The summed E-state index contributed by atoms with van der Waals surface area (Å²) in [7, 11) is 0. The van der Waals surface area contributed by atoms with Crippen molar-refractivity contribution in [2.45, 2.75) is 33.4 Å². The van der Waals surface area contributed by atoms with Gasteiger partial charge in [-0.2, -0.15) is 5.10 Å². The van der Waals surface area contributed by atoms with Gasteiger partial charge in [-0.25, -0.2) is 9.37 Å². The van der Waals surface area contributed by atoms with Crippen LogP contribution in [0.3, 0.4) is 0 Å². The summed E-state index contributed by atoms with van der Waals surface area (Å²) >= 11 is 0. The maximum Gasteiger partial charge on any atom is 0.224 e. The molecule has 7 heteroatoms. The van der Waals surface area contributed by atoms with E-state index in [-0.39, 0.29) is 24.1 Å². The highest BCUT2D eigenvalue weighted by atomic mass is 19.1. The van der Waals surface area contributed by atoms with E-state index in [9.17, 15) is 9.18 Å². The molecule has 140 valence electrons. The average Bonchev–Trinajstić information content (AvgIpc) is 2.98. The zero-order valence-corrected chi connectivity index (χ0v) is 15.3. The third kappa shape index (κ3) is 4.91. The number of para-hydroxylation sites is 1. The summed E-state index contributed by atoms with van der Waals surface area (Å²) in [6.07, 6.45) is 1.87. The normalized spacial score (nSPS) is 10.6. The molecule has 3 aromatic rings. The molecule has 6 nitrogen and oxygen atoms in total. The second kappa shape index (κ2) is 8.44. The number of benzene rings is 1. The molecule has 0 atom stereocenters.